The topological polar surface area (TPSA) is 77.9 Å². The lowest BCUT2D eigenvalue weighted by molar-refractivity contribution is 0.141. The highest BCUT2D eigenvalue weighted by atomic mass is 32.1. The molecule has 2 N–H and O–H groups in total. The molecule has 0 aliphatic carbocycles. The molecular formula is C17H25FN4O3S. The summed E-state index contributed by atoms with van der Waals surface area (Å²) in [5.74, 6) is -0.459. The number of carbonyl (C=O) groups is 1. The zero-order chi connectivity index (χ0) is 19.5. The molecule has 1 fully saturated rings. The molecule has 0 aromatic heterocycles. The summed E-state index contributed by atoms with van der Waals surface area (Å²) in [6.07, 6.45) is 1.21. The van der Waals surface area contributed by atoms with Gasteiger partial charge in [-0.25, -0.2) is 9.18 Å². The van der Waals surface area contributed by atoms with Crippen molar-refractivity contribution >= 4 is 41.6 Å². The zero-order valence-electron chi connectivity index (χ0n) is 15.2. The van der Waals surface area contributed by atoms with Crippen LogP contribution in [0.3, 0.4) is 0 Å². The first-order chi connectivity index (χ1) is 12.5. The number of carbonyl (C=O) groups excluding carboxylic acids is 1. The molecular weight excluding hydrogens is 359 g/mol. The van der Waals surface area contributed by atoms with E-state index >= 15 is 0 Å². The van der Waals surface area contributed by atoms with Gasteiger partial charge in [-0.05, 0) is 43.9 Å². The second-order valence-corrected chi connectivity index (χ2v) is 5.66. The lowest BCUT2D eigenvalue weighted by Crippen LogP contribution is -2.29. The predicted octanol–water partition coefficient (Wildman–Crippen LogP) is 2.78. The summed E-state index contributed by atoms with van der Waals surface area (Å²) in [5.41, 5.74) is 2.01. The van der Waals surface area contributed by atoms with Crippen LogP contribution < -0.4 is 15.1 Å². The Morgan fingerprint density at radius 2 is 2.27 bits per heavy atom. The van der Waals surface area contributed by atoms with Crippen LogP contribution in [0.1, 0.15) is 13.3 Å². The van der Waals surface area contributed by atoms with Gasteiger partial charge in [-0.3, -0.25) is 10.3 Å². The minimum absolute atomic E-state index is 0.238. The molecule has 1 aromatic carbocycles. The molecule has 7 nitrogen and oxygen atoms in total. The summed E-state index contributed by atoms with van der Waals surface area (Å²) >= 11 is 4.21. The Labute approximate surface area is 158 Å². The Balaban J connectivity index is 0.000000765. The standard InChI is InChI=1S/C15H21FN4O2.C2H4OS/c1-3-6-19(10-17)14-5-4-11(7-13(14)16)20-9-12(8-18-2)22-15(20)21;1-3-2-4/h4-5,7,10,12,17-18H,3,6,8-9H2,1-2H3;2H,1H3. The van der Waals surface area contributed by atoms with E-state index in [0.29, 0.717) is 31.0 Å². The number of nitrogens with one attached hydrogen (secondary N) is 2. The average Bonchev–Trinajstić information content (AvgIpc) is 3.01. The third-order valence-corrected chi connectivity index (χ3v) is 3.77. The van der Waals surface area contributed by atoms with Crippen molar-refractivity contribution in [2.75, 3.05) is 43.6 Å². The van der Waals surface area contributed by atoms with Gasteiger partial charge < -0.3 is 19.7 Å². The van der Waals surface area contributed by atoms with E-state index in [4.69, 9.17) is 10.1 Å². The molecule has 1 atom stereocenters. The fourth-order valence-electron chi connectivity index (χ4n) is 2.46. The molecule has 1 saturated heterocycles. The van der Waals surface area contributed by atoms with E-state index in [2.05, 4.69) is 22.3 Å². The minimum atomic E-state index is -0.468. The number of hydrogen-bond acceptors (Lipinski definition) is 6. The molecule has 0 radical (unpaired) electrons. The van der Waals surface area contributed by atoms with Crippen molar-refractivity contribution in [3.63, 3.8) is 0 Å². The van der Waals surface area contributed by atoms with Gasteiger partial charge in [0, 0.05) is 13.1 Å². The SMILES string of the molecule is CCCN(C=N)c1ccc(N2CC(CNC)OC2=O)cc1F.COC=S. The largest absolute Gasteiger partial charge is 0.493 e. The highest BCUT2D eigenvalue weighted by Gasteiger charge is 2.32. The lowest BCUT2D eigenvalue weighted by atomic mass is 10.2. The third kappa shape index (κ3) is 5.92. The smallest absolute Gasteiger partial charge is 0.414 e. The predicted molar refractivity (Wildman–Crippen MR) is 105 cm³/mol. The molecule has 26 heavy (non-hydrogen) atoms. The number of ether oxygens (including phenoxy) is 2. The number of cyclic esters (lactones) is 1. The van der Waals surface area contributed by atoms with Crippen LogP contribution in [0.4, 0.5) is 20.6 Å². The van der Waals surface area contributed by atoms with E-state index in [1.165, 1.54) is 28.5 Å². The van der Waals surface area contributed by atoms with E-state index < -0.39 is 11.9 Å². The van der Waals surface area contributed by atoms with E-state index in [1.807, 2.05) is 6.92 Å². The van der Waals surface area contributed by atoms with E-state index in [-0.39, 0.29) is 6.10 Å². The number of benzene rings is 1. The van der Waals surface area contributed by atoms with Crippen molar-refractivity contribution in [2.24, 2.45) is 0 Å². The quantitative estimate of drug-likeness (QED) is 0.408. The number of nitrogens with zero attached hydrogens (tertiary/aromatic N) is 2. The molecule has 9 heteroatoms. The van der Waals surface area contributed by atoms with Crippen LogP contribution in [-0.4, -0.2) is 57.9 Å². The molecule has 144 valence electrons. The number of rotatable bonds is 8. The monoisotopic (exact) mass is 384 g/mol. The van der Waals surface area contributed by atoms with E-state index in [1.54, 1.807) is 19.2 Å². The minimum Gasteiger partial charge on any atom is -0.493 e. The molecule has 1 amide bonds. The van der Waals surface area contributed by atoms with Gasteiger partial charge in [0.15, 0.2) is 0 Å². The Bertz CT molecular complexity index is 618. The van der Waals surface area contributed by atoms with Gasteiger partial charge in [-0.2, -0.15) is 0 Å². The van der Waals surface area contributed by atoms with Gasteiger partial charge in [-0.1, -0.05) is 6.92 Å². The summed E-state index contributed by atoms with van der Waals surface area (Å²) in [6.45, 7) is 3.48. The summed E-state index contributed by atoms with van der Waals surface area (Å²) < 4.78 is 23.7. The molecule has 0 spiro atoms. The Kier molecular flexibility index (Phi) is 9.53. The lowest BCUT2D eigenvalue weighted by Gasteiger charge is -2.20. The van der Waals surface area contributed by atoms with Crippen LogP contribution in [0, 0.1) is 11.2 Å². The van der Waals surface area contributed by atoms with Crippen LogP contribution in [0.5, 0.6) is 0 Å². The second kappa shape index (κ2) is 11.4. The summed E-state index contributed by atoms with van der Waals surface area (Å²) in [4.78, 5) is 14.8. The van der Waals surface area contributed by atoms with Gasteiger partial charge in [0.25, 0.3) is 0 Å². The normalized spacial score (nSPS) is 15.6. The van der Waals surface area contributed by atoms with Crippen molar-refractivity contribution in [3.05, 3.63) is 24.0 Å². The first-order valence-electron chi connectivity index (χ1n) is 8.18. The first-order valence-corrected chi connectivity index (χ1v) is 8.65. The van der Waals surface area contributed by atoms with E-state index in [9.17, 15) is 9.18 Å². The molecule has 1 aliphatic rings. The fourth-order valence-corrected chi connectivity index (χ4v) is 2.46. The van der Waals surface area contributed by atoms with E-state index in [0.717, 1.165) is 12.8 Å². The molecule has 1 heterocycles. The highest BCUT2D eigenvalue weighted by molar-refractivity contribution is 7.78. The van der Waals surface area contributed by atoms with Gasteiger partial charge in [0.1, 0.15) is 17.5 Å². The second-order valence-electron chi connectivity index (χ2n) is 5.46. The Morgan fingerprint density at radius 1 is 1.58 bits per heavy atom. The van der Waals surface area contributed by atoms with Gasteiger partial charge in [0.05, 0.1) is 31.4 Å². The average molecular weight is 384 g/mol. The highest BCUT2D eigenvalue weighted by Crippen LogP contribution is 2.27. The maximum Gasteiger partial charge on any atom is 0.414 e. The number of anilines is 2. The van der Waals surface area contributed by atoms with Gasteiger partial charge in [-0.15, -0.1) is 0 Å². The first kappa shape index (κ1) is 21.8. The van der Waals surface area contributed by atoms with Crippen LogP contribution in [0.2, 0.25) is 0 Å². The summed E-state index contributed by atoms with van der Waals surface area (Å²) in [5, 5.41) is 10.3. The summed E-state index contributed by atoms with van der Waals surface area (Å²) in [7, 11) is 3.30. The number of halogens is 1. The molecule has 2 rings (SSSR count). The van der Waals surface area contributed by atoms with Crippen molar-refractivity contribution in [2.45, 2.75) is 19.4 Å². The third-order valence-electron chi connectivity index (χ3n) is 3.57. The Morgan fingerprint density at radius 3 is 2.77 bits per heavy atom. The number of likely N-dealkylation sites (N-methyl/N-ethyl adjacent to an activating group) is 1. The van der Waals surface area contributed by atoms with Crippen molar-refractivity contribution in [3.8, 4) is 0 Å². The van der Waals surface area contributed by atoms with Crippen LogP contribution >= 0.6 is 12.2 Å². The molecule has 1 aliphatic heterocycles. The number of hydrogen-bond donors (Lipinski definition) is 2. The number of amides is 1. The number of thiocarbonyl (C=S) groups is 1. The van der Waals surface area contributed by atoms with Crippen LogP contribution in [-0.2, 0) is 9.47 Å². The maximum absolute atomic E-state index is 14.3. The van der Waals surface area contributed by atoms with Crippen molar-refractivity contribution < 1.29 is 18.7 Å². The molecule has 0 bridgehead atoms. The molecule has 1 aromatic rings. The molecule has 0 saturated carbocycles. The number of methoxy groups -OCH3 is 1. The van der Waals surface area contributed by atoms with Gasteiger partial charge in [0.2, 0.25) is 0 Å². The van der Waals surface area contributed by atoms with Crippen molar-refractivity contribution in [1.29, 1.82) is 5.41 Å². The fraction of sp³-hybridized carbons (Fsp3) is 0.471. The maximum atomic E-state index is 14.3. The van der Waals surface area contributed by atoms with Crippen molar-refractivity contribution in [1.82, 2.24) is 5.32 Å². The zero-order valence-corrected chi connectivity index (χ0v) is 16.0. The van der Waals surface area contributed by atoms with Crippen LogP contribution in [0.15, 0.2) is 18.2 Å². The van der Waals surface area contributed by atoms with Crippen LogP contribution in [0.25, 0.3) is 0 Å². The summed E-state index contributed by atoms with van der Waals surface area (Å²) in [6, 6.07) is 4.57. The Hall–Kier alpha value is -2.26. The molecule has 1 unspecified atom stereocenters. The van der Waals surface area contributed by atoms with Gasteiger partial charge >= 0.3 is 6.09 Å².